The van der Waals surface area contributed by atoms with Crippen LogP contribution < -0.4 is 4.74 Å². The summed E-state index contributed by atoms with van der Waals surface area (Å²) in [4.78, 5) is 16.0. The number of halogens is 1. The van der Waals surface area contributed by atoms with Crippen LogP contribution in [0.1, 0.15) is 29.8 Å². The lowest BCUT2D eigenvalue weighted by molar-refractivity contribution is -0.136. The molecule has 0 saturated carbocycles. The molecule has 1 aromatic carbocycles. The topological polar surface area (TPSA) is 29.5 Å². The summed E-state index contributed by atoms with van der Waals surface area (Å²) >= 11 is 4.02. The van der Waals surface area contributed by atoms with Crippen molar-refractivity contribution in [2.24, 2.45) is 0 Å². The Morgan fingerprint density at radius 3 is 3.00 bits per heavy atom. The molecule has 1 atom stereocenters. The first-order chi connectivity index (χ1) is 10.7. The van der Waals surface area contributed by atoms with E-state index < -0.39 is 0 Å². The van der Waals surface area contributed by atoms with Crippen LogP contribution >= 0.6 is 33.9 Å². The van der Waals surface area contributed by atoms with Crippen molar-refractivity contribution in [1.82, 2.24) is 4.90 Å². The van der Waals surface area contributed by atoms with Crippen LogP contribution in [0.25, 0.3) is 0 Å². The highest BCUT2D eigenvalue weighted by atomic mass is 127. The van der Waals surface area contributed by atoms with Gasteiger partial charge in [-0.15, -0.1) is 11.3 Å². The molecule has 1 aliphatic rings. The first kappa shape index (κ1) is 15.8. The number of rotatable bonds is 4. The highest BCUT2D eigenvalue weighted by Gasteiger charge is 2.30. The van der Waals surface area contributed by atoms with Gasteiger partial charge in [0, 0.05) is 11.4 Å². The molecule has 3 rings (SSSR count). The Bertz CT molecular complexity index is 670. The van der Waals surface area contributed by atoms with E-state index in [9.17, 15) is 4.79 Å². The fourth-order valence-electron chi connectivity index (χ4n) is 2.92. The summed E-state index contributed by atoms with van der Waals surface area (Å²) in [6, 6.07) is 10.1. The van der Waals surface area contributed by atoms with Gasteiger partial charge in [0.05, 0.1) is 9.61 Å². The van der Waals surface area contributed by atoms with Gasteiger partial charge in [0.2, 0.25) is 0 Å². The lowest BCUT2D eigenvalue weighted by atomic mass is 9.98. The summed E-state index contributed by atoms with van der Waals surface area (Å²) in [5, 5.41) is 2.13. The maximum atomic E-state index is 12.6. The van der Waals surface area contributed by atoms with Gasteiger partial charge in [-0.25, -0.2) is 0 Å². The van der Waals surface area contributed by atoms with Crippen LogP contribution in [0.15, 0.2) is 35.7 Å². The van der Waals surface area contributed by atoms with E-state index in [0.29, 0.717) is 0 Å². The molecule has 0 saturated heterocycles. The first-order valence-electron chi connectivity index (χ1n) is 7.43. The van der Waals surface area contributed by atoms with Gasteiger partial charge in [-0.2, -0.15) is 0 Å². The van der Waals surface area contributed by atoms with Crippen molar-refractivity contribution in [2.75, 3.05) is 13.2 Å². The Hall–Kier alpha value is -1.08. The number of carbonyl (C=O) groups excluding carboxylic acids is 1. The monoisotopic (exact) mass is 427 g/mol. The van der Waals surface area contributed by atoms with E-state index in [1.807, 2.05) is 29.2 Å². The number of hydrogen-bond acceptors (Lipinski definition) is 3. The van der Waals surface area contributed by atoms with Gasteiger partial charge in [-0.05, 0) is 64.6 Å². The summed E-state index contributed by atoms with van der Waals surface area (Å²) in [6.45, 7) is 3.04. The van der Waals surface area contributed by atoms with E-state index in [1.165, 1.54) is 10.4 Å². The van der Waals surface area contributed by atoms with Gasteiger partial charge in [0.25, 0.3) is 5.91 Å². The molecule has 2 heterocycles. The number of hydrogen-bond donors (Lipinski definition) is 0. The van der Waals surface area contributed by atoms with Crippen LogP contribution in [0.2, 0.25) is 0 Å². The molecule has 0 radical (unpaired) electrons. The van der Waals surface area contributed by atoms with Crippen LogP contribution in [-0.4, -0.2) is 24.0 Å². The largest absolute Gasteiger partial charge is 0.483 e. The third-order valence-electron chi connectivity index (χ3n) is 3.99. The van der Waals surface area contributed by atoms with Crippen molar-refractivity contribution < 1.29 is 9.53 Å². The van der Waals surface area contributed by atoms with E-state index in [-0.39, 0.29) is 18.6 Å². The number of carbonyl (C=O) groups is 1. The summed E-state index contributed by atoms with van der Waals surface area (Å²) in [7, 11) is 0. The maximum Gasteiger partial charge on any atom is 0.261 e. The Balaban J connectivity index is 1.69. The van der Waals surface area contributed by atoms with Crippen molar-refractivity contribution in [3.63, 3.8) is 0 Å². The molecule has 116 valence electrons. The normalized spacial score (nSPS) is 17.2. The number of benzene rings is 1. The van der Waals surface area contributed by atoms with Gasteiger partial charge >= 0.3 is 0 Å². The standard InChI is InChI=1S/C17H18INO2S/c1-2-14-12-8-10-22-16(12)7-9-19(14)17(20)11-21-15-6-4-3-5-13(15)18/h3-6,8,10,14H,2,7,9,11H2,1H3. The molecule has 0 aliphatic carbocycles. The molecule has 3 nitrogen and oxygen atoms in total. The predicted octanol–water partition coefficient (Wildman–Crippen LogP) is 4.27. The maximum absolute atomic E-state index is 12.6. The number of ether oxygens (including phenoxy) is 1. The molecule has 0 fully saturated rings. The molecule has 22 heavy (non-hydrogen) atoms. The second kappa shape index (κ2) is 7.00. The molecule has 1 amide bonds. The molecular formula is C17H18INO2S. The smallest absolute Gasteiger partial charge is 0.261 e. The second-order valence-electron chi connectivity index (χ2n) is 5.28. The Kier molecular flexibility index (Phi) is 5.03. The zero-order chi connectivity index (χ0) is 15.5. The molecule has 1 aliphatic heterocycles. The first-order valence-corrected chi connectivity index (χ1v) is 9.39. The molecule has 2 aromatic rings. The minimum atomic E-state index is 0.0725. The Morgan fingerprint density at radius 2 is 2.23 bits per heavy atom. The summed E-state index contributed by atoms with van der Waals surface area (Å²) in [5.41, 5.74) is 1.32. The van der Waals surface area contributed by atoms with Crippen LogP contribution in [0.3, 0.4) is 0 Å². The average molecular weight is 427 g/mol. The zero-order valence-corrected chi connectivity index (χ0v) is 15.4. The molecule has 1 aromatic heterocycles. The highest BCUT2D eigenvalue weighted by molar-refractivity contribution is 14.1. The van der Waals surface area contributed by atoms with Crippen LogP contribution in [0.5, 0.6) is 5.75 Å². The molecular weight excluding hydrogens is 409 g/mol. The quantitative estimate of drug-likeness (QED) is 0.683. The fourth-order valence-corrected chi connectivity index (χ4v) is 4.39. The second-order valence-corrected chi connectivity index (χ2v) is 7.44. The SMILES string of the molecule is CCC1c2ccsc2CCN1C(=O)COc1ccccc1I. The zero-order valence-electron chi connectivity index (χ0n) is 12.4. The number of nitrogens with zero attached hydrogens (tertiary/aromatic N) is 1. The third-order valence-corrected chi connectivity index (χ3v) is 5.88. The van der Waals surface area contributed by atoms with E-state index in [2.05, 4.69) is 41.0 Å². The van der Waals surface area contributed by atoms with Crippen molar-refractivity contribution in [3.8, 4) is 5.75 Å². The lowest BCUT2D eigenvalue weighted by Crippen LogP contribution is -2.41. The van der Waals surface area contributed by atoms with E-state index in [4.69, 9.17) is 4.74 Å². The van der Waals surface area contributed by atoms with Gasteiger partial charge in [0.1, 0.15) is 5.75 Å². The summed E-state index contributed by atoms with van der Waals surface area (Å²) in [6.07, 6.45) is 1.90. The van der Waals surface area contributed by atoms with Crippen molar-refractivity contribution in [3.05, 3.63) is 49.7 Å². The minimum Gasteiger partial charge on any atom is -0.483 e. The van der Waals surface area contributed by atoms with Crippen molar-refractivity contribution >= 4 is 39.8 Å². The van der Waals surface area contributed by atoms with Crippen molar-refractivity contribution in [1.29, 1.82) is 0 Å². The number of para-hydroxylation sites is 1. The average Bonchev–Trinajstić information content (AvgIpc) is 3.01. The van der Waals surface area contributed by atoms with E-state index >= 15 is 0 Å². The Morgan fingerprint density at radius 1 is 1.41 bits per heavy atom. The minimum absolute atomic E-state index is 0.0725. The number of thiophene rings is 1. The number of amides is 1. The Labute approximate surface area is 148 Å². The molecule has 5 heteroatoms. The summed E-state index contributed by atoms with van der Waals surface area (Å²) in [5.74, 6) is 0.848. The molecule has 0 N–H and O–H groups in total. The van der Waals surface area contributed by atoms with E-state index in [1.54, 1.807) is 11.3 Å². The van der Waals surface area contributed by atoms with Gasteiger partial charge in [-0.1, -0.05) is 19.1 Å². The summed E-state index contributed by atoms with van der Waals surface area (Å²) < 4.78 is 6.74. The van der Waals surface area contributed by atoms with Crippen LogP contribution in [0, 0.1) is 3.57 Å². The van der Waals surface area contributed by atoms with E-state index in [0.717, 1.165) is 28.7 Å². The predicted molar refractivity (Wildman–Crippen MR) is 97.4 cm³/mol. The fraction of sp³-hybridized carbons (Fsp3) is 0.353. The molecule has 1 unspecified atom stereocenters. The van der Waals surface area contributed by atoms with Gasteiger partial charge < -0.3 is 9.64 Å². The third kappa shape index (κ3) is 3.15. The molecule has 0 spiro atoms. The number of fused-ring (bicyclic) bond motifs is 1. The van der Waals surface area contributed by atoms with Gasteiger partial charge in [-0.3, -0.25) is 4.79 Å². The lowest BCUT2D eigenvalue weighted by Gasteiger charge is -2.35. The van der Waals surface area contributed by atoms with Crippen LogP contribution in [-0.2, 0) is 11.2 Å². The van der Waals surface area contributed by atoms with Crippen molar-refractivity contribution in [2.45, 2.75) is 25.8 Å². The van der Waals surface area contributed by atoms with Gasteiger partial charge in [0.15, 0.2) is 6.61 Å². The highest BCUT2D eigenvalue weighted by Crippen LogP contribution is 2.35. The van der Waals surface area contributed by atoms with Crippen LogP contribution in [0.4, 0.5) is 0 Å². The molecule has 0 bridgehead atoms.